The van der Waals surface area contributed by atoms with Crippen molar-refractivity contribution in [2.24, 2.45) is 10.4 Å². The fourth-order valence-corrected chi connectivity index (χ4v) is 3.96. The third-order valence-corrected chi connectivity index (χ3v) is 5.80. The van der Waals surface area contributed by atoms with Crippen LogP contribution in [0.1, 0.15) is 45.6 Å². The number of nitrogens with one attached hydrogen (secondary N) is 2. The molecule has 1 fully saturated rings. The Hall–Kier alpha value is -1.86. The van der Waals surface area contributed by atoms with Crippen LogP contribution < -0.4 is 15.4 Å². The van der Waals surface area contributed by atoms with Gasteiger partial charge >= 0.3 is 0 Å². The summed E-state index contributed by atoms with van der Waals surface area (Å²) in [6.07, 6.45) is 5.36. The lowest BCUT2D eigenvalue weighted by Crippen LogP contribution is -2.65. The van der Waals surface area contributed by atoms with E-state index in [2.05, 4.69) is 41.4 Å². The van der Waals surface area contributed by atoms with Crippen molar-refractivity contribution in [3.63, 3.8) is 0 Å². The lowest BCUT2D eigenvalue weighted by Gasteiger charge is -2.55. The summed E-state index contributed by atoms with van der Waals surface area (Å²) in [4.78, 5) is 8.72. The highest BCUT2D eigenvalue weighted by Crippen LogP contribution is 2.48. The molecule has 1 aromatic rings. The molecule has 0 saturated heterocycles. The molecule has 2 rings (SSSR count). The van der Waals surface area contributed by atoms with Crippen LogP contribution in [0.4, 0.5) is 0 Å². The molecule has 28 heavy (non-hydrogen) atoms. The smallest absolute Gasteiger partial charge is 0.213 e. The molecule has 158 valence electrons. The topological polar surface area (TPSA) is 77.0 Å². The summed E-state index contributed by atoms with van der Waals surface area (Å²) in [5.74, 6) is 1.42. The van der Waals surface area contributed by atoms with Crippen LogP contribution in [0.5, 0.6) is 5.88 Å². The molecule has 7 nitrogen and oxygen atoms in total. The van der Waals surface area contributed by atoms with Crippen LogP contribution >= 0.6 is 0 Å². The minimum Gasteiger partial charge on any atom is -0.475 e. The number of methoxy groups -OCH3 is 1. The summed E-state index contributed by atoms with van der Waals surface area (Å²) in [6.45, 7) is 9.04. The van der Waals surface area contributed by atoms with E-state index in [1.54, 1.807) is 14.2 Å². The van der Waals surface area contributed by atoms with Crippen molar-refractivity contribution in [1.29, 1.82) is 0 Å². The molecular formula is C21H36N4O3. The number of guanidine groups is 1. The quantitative estimate of drug-likeness (QED) is 0.343. The Morgan fingerprint density at radius 3 is 2.61 bits per heavy atom. The third kappa shape index (κ3) is 5.35. The number of nitrogens with zero attached hydrogens (tertiary/aromatic N) is 2. The van der Waals surface area contributed by atoms with E-state index in [9.17, 15) is 0 Å². The van der Waals surface area contributed by atoms with Gasteiger partial charge < -0.3 is 24.8 Å². The number of pyridine rings is 1. The van der Waals surface area contributed by atoms with E-state index in [4.69, 9.17) is 14.2 Å². The van der Waals surface area contributed by atoms with Crippen LogP contribution in [-0.4, -0.2) is 57.1 Å². The maximum atomic E-state index is 5.97. The van der Waals surface area contributed by atoms with Gasteiger partial charge in [0, 0.05) is 51.0 Å². The van der Waals surface area contributed by atoms with Crippen LogP contribution in [0.2, 0.25) is 0 Å². The number of hydrogen-bond acceptors (Lipinski definition) is 5. The van der Waals surface area contributed by atoms with Gasteiger partial charge in [0.25, 0.3) is 0 Å². The highest BCUT2D eigenvalue weighted by Gasteiger charge is 2.53. The first-order chi connectivity index (χ1) is 13.6. The molecule has 2 unspecified atom stereocenters. The SMILES string of the molecule is CCOC1CC(NC(=NC)NCc2ccc(OCCOC)nc2)C1(CC)CC. The van der Waals surface area contributed by atoms with Gasteiger partial charge in [0.1, 0.15) is 6.61 Å². The molecule has 0 amide bonds. The Kier molecular flexibility index (Phi) is 8.99. The summed E-state index contributed by atoms with van der Waals surface area (Å²) in [7, 11) is 3.46. The second-order valence-corrected chi connectivity index (χ2v) is 7.09. The minimum absolute atomic E-state index is 0.177. The number of hydrogen-bond donors (Lipinski definition) is 2. The largest absolute Gasteiger partial charge is 0.475 e. The van der Waals surface area contributed by atoms with E-state index in [1.165, 1.54) is 0 Å². The van der Waals surface area contributed by atoms with Gasteiger partial charge in [-0.15, -0.1) is 0 Å². The average Bonchev–Trinajstić information content (AvgIpc) is 2.72. The van der Waals surface area contributed by atoms with Gasteiger partial charge in [0.2, 0.25) is 5.88 Å². The lowest BCUT2D eigenvalue weighted by molar-refractivity contribution is -0.133. The first kappa shape index (κ1) is 22.4. The van der Waals surface area contributed by atoms with Gasteiger partial charge in [-0.2, -0.15) is 0 Å². The highest BCUT2D eigenvalue weighted by atomic mass is 16.5. The van der Waals surface area contributed by atoms with Crippen LogP contribution in [0.15, 0.2) is 23.3 Å². The second-order valence-electron chi connectivity index (χ2n) is 7.09. The van der Waals surface area contributed by atoms with Crippen LogP contribution in [0.3, 0.4) is 0 Å². The molecule has 1 aliphatic rings. The van der Waals surface area contributed by atoms with Gasteiger partial charge in [0.05, 0.1) is 12.7 Å². The number of aliphatic imine (C=N–C) groups is 1. The van der Waals surface area contributed by atoms with Crippen molar-refractivity contribution in [3.8, 4) is 5.88 Å². The summed E-state index contributed by atoms with van der Waals surface area (Å²) >= 11 is 0. The molecule has 1 heterocycles. The van der Waals surface area contributed by atoms with Crippen LogP contribution in [0, 0.1) is 5.41 Å². The molecule has 7 heteroatoms. The zero-order valence-electron chi connectivity index (χ0n) is 18.0. The Labute approximate surface area is 169 Å². The molecule has 0 aromatic carbocycles. The van der Waals surface area contributed by atoms with Crippen LogP contribution in [-0.2, 0) is 16.0 Å². The van der Waals surface area contributed by atoms with Crippen LogP contribution in [0.25, 0.3) is 0 Å². The maximum Gasteiger partial charge on any atom is 0.213 e. The van der Waals surface area contributed by atoms with Crippen molar-refractivity contribution >= 4 is 5.96 Å². The standard InChI is InChI=1S/C21H36N4O3/c1-6-21(7-2)17(13-18(21)27-8-3)25-20(22-4)24-15-16-9-10-19(23-14-16)28-12-11-26-5/h9-10,14,17-18H,6-8,11-13,15H2,1-5H3,(H2,22,24,25). The molecule has 0 radical (unpaired) electrons. The predicted octanol–water partition coefficient (Wildman–Crippen LogP) is 2.76. The fraction of sp³-hybridized carbons (Fsp3) is 0.714. The van der Waals surface area contributed by atoms with E-state index in [1.807, 2.05) is 18.3 Å². The fourth-order valence-electron chi connectivity index (χ4n) is 3.96. The third-order valence-electron chi connectivity index (χ3n) is 5.80. The first-order valence-corrected chi connectivity index (χ1v) is 10.3. The number of aromatic nitrogens is 1. The Morgan fingerprint density at radius 2 is 2.04 bits per heavy atom. The number of ether oxygens (including phenoxy) is 3. The van der Waals surface area contributed by atoms with Gasteiger partial charge in [-0.1, -0.05) is 19.9 Å². The summed E-state index contributed by atoms with van der Waals surface area (Å²) < 4.78 is 16.4. The second kappa shape index (κ2) is 11.2. The molecule has 2 atom stereocenters. The van der Waals surface area contributed by atoms with E-state index >= 15 is 0 Å². The molecular weight excluding hydrogens is 356 g/mol. The Balaban J connectivity index is 1.86. The Morgan fingerprint density at radius 1 is 1.25 bits per heavy atom. The summed E-state index contributed by atoms with van der Waals surface area (Å²) in [5, 5.41) is 6.99. The van der Waals surface area contributed by atoms with E-state index in [0.29, 0.717) is 37.8 Å². The molecule has 2 N–H and O–H groups in total. The van der Waals surface area contributed by atoms with Crippen molar-refractivity contribution in [3.05, 3.63) is 23.9 Å². The predicted molar refractivity (Wildman–Crippen MR) is 112 cm³/mol. The van der Waals surface area contributed by atoms with Gasteiger partial charge in [0.15, 0.2) is 5.96 Å². The van der Waals surface area contributed by atoms with Crippen molar-refractivity contribution in [2.75, 3.05) is 34.0 Å². The average molecular weight is 393 g/mol. The molecule has 1 saturated carbocycles. The van der Waals surface area contributed by atoms with Crippen molar-refractivity contribution < 1.29 is 14.2 Å². The highest BCUT2D eigenvalue weighted by molar-refractivity contribution is 5.80. The lowest BCUT2D eigenvalue weighted by atomic mass is 9.58. The van der Waals surface area contributed by atoms with E-state index in [-0.39, 0.29) is 5.41 Å². The van der Waals surface area contributed by atoms with Gasteiger partial charge in [-0.05, 0) is 31.7 Å². The van der Waals surface area contributed by atoms with Gasteiger partial charge in [-0.25, -0.2) is 4.98 Å². The zero-order valence-corrected chi connectivity index (χ0v) is 18.0. The first-order valence-electron chi connectivity index (χ1n) is 10.3. The maximum absolute atomic E-state index is 5.97. The van der Waals surface area contributed by atoms with E-state index in [0.717, 1.165) is 37.4 Å². The van der Waals surface area contributed by atoms with Crippen molar-refractivity contribution in [2.45, 2.75) is 58.7 Å². The zero-order chi connectivity index (χ0) is 20.4. The molecule has 1 aliphatic carbocycles. The molecule has 1 aromatic heterocycles. The monoisotopic (exact) mass is 392 g/mol. The summed E-state index contributed by atoms with van der Waals surface area (Å²) in [5.41, 5.74) is 1.25. The number of rotatable bonds is 11. The Bertz CT molecular complexity index is 602. The minimum atomic E-state index is 0.177. The molecule has 0 spiro atoms. The van der Waals surface area contributed by atoms with Gasteiger partial charge in [-0.3, -0.25) is 4.99 Å². The van der Waals surface area contributed by atoms with E-state index < -0.39 is 0 Å². The molecule has 0 aliphatic heterocycles. The normalized spacial score (nSPS) is 21.1. The molecule has 0 bridgehead atoms. The summed E-state index contributed by atoms with van der Waals surface area (Å²) in [6, 6.07) is 4.26. The van der Waals surface area contributed by atoms with Crippen molar-refractivity contribution in [1.82, 2.24) is 15.6 Å².